The Morgan fingerprint density at radius 3 is 2.17 bits per heavy atom. The van der Waals surface area contributed by atoms with E-state index in [1.165, 1.54) is 6.92 Å². The summed E-state index contributed by atoms with van der Waals surface area (Å²) in [6.45, 7) is 5.61. The molecule has 23 heavy (non-hydrogen) atoms. The summed E-state index contributed by atoms with van der Waals surface area (Å²) in [6.07, 6.45) is 2.67. The van der Waals surface area contributed by atoms with Crippen LogP contribution in [0.1, 0.15) is 46.5 Å². The average Bonchev–Trinajstić information content (AvgIpc) is 2.51. The molecule has 134 valence electrons. The number of hydrogen-bond donors (Lipinski definition) is 5. The summed E-state index contributed by atoms with van der Waals surface area (Å²) in [7, 11) is 0. The summed E-state index contributed by atoms with van der Waals surface area (Å²) in [5, 5.41) is 13.9. The van der Waals surface area contributed by atoms with Crippen LogP contribution in [0.15, 0.2) is 0 Å². The third kappa shape index (κ3) is 7.94. The molecule has 0 saturated heterocycles. The van der Waals surface area contributed by atoms with Crippen molar-refractivity contribution in [3.8, 4) is 0 Å². The van der Waals surface area contributed by atoms with Crippen LogP contribution in [0.5, 0.6) is 0 Å². The number of carbonyl (C=O) groups excluding carboxylic acids is 2. The van der Waals surface area contributed by atoms with Crippen LogP contribution in [0.25, 0.3) is 0 Å². The van der Waals surface area contributed by atoms with Crippen molar-refractivity contribution < 1.29 is 19.5 Å². The molecule has 0 heterocycles. The summed E-state index contributed by atoms with van der Waals surface area (Å²) in [5.41, 5.74) is 11.2. The predicted molar refractivity (Wildman–Crippen MR) is 87.5 cm³/mol. The minimum Gasteiger partial charge on any atom is -0.480 e. The molecule has 0 radical (unpaired) electrons. The lowest BCUT2D eigenvalue weighted by atomic mass is 9.97. The molecule has 0 rings (SSSR count). The number of rotatable bonds is 11. The van der Waals surface area contributed by atoms with Gasteiger partial charge in [0.2, 0.25) is 11.8 Å². The summed E-state index contributed by atoms with van der Waals surface area (Å²) in [5.74, 6) is -2.20. The molecule has 8 heteroatoms. The highest BCUT2D eigenvalue weighted by atomic mass is 16.4. The highest BCUT2D eigenvalue weighted by molar-refractivity contribution is 5.91. The fourth-order valence-electron chi connectivity index (χ4n) is 1.97. The number of carboxylic acids is 1. The van der Waals surface area contributed by atoms with Crippen LogP contribution in [0.4, 0.5) is 0 Å². The van der Waals surface area contributed by atoms with E-state index in [-0.39, 0.29) is 5.92 Å². The highest BCUT2D eigenvalue weighted by Crippen LogP contribution is 2.09. The van der Waals surface area contributed by atoms with E-state index in [1.807, 2.05) is 13.8 Å². The number of nitrogens with two attached hydrogens (primary N) is 2. The quantitative estimate of drug-likeness (QED) is 0.324. The lowest BCUT2D eigenvalue weighted by Gasteiger charge is -2.26. The monoisotopic (exact) mass is 330 g/mol. The van der Waals surface area contributed by atoms with Gasteiger partial charge in [-0.1, -0.05) is 26.7 Å². The standard InChI is InChI=1S/C15H30N4O4/c1-4-9(2)12(14(21)18-10(3)15(22)23)19-13(20)11(17)7-5-6-8-16/h9-12H,4-8,16-17H2,1-3H3,(H,18,21)(H,19,20)(H,22,23). The number of carboxylic acid groups (broad SMARTS) is 1. The first-order chi connectivity index (χ1) is 10.7. The largest absolute Gasteiger partial charge is 0.480 e. The van der Waals surface area contributed by atoms with Gasteiger partial charge in [-0.2, -0.15) is 0 Å². The van der Waals surface area contributed by atoms with Crippen LogP contribution in [-0.4, -0.2) is 47.6 Å². The summed E-state index contributed by atoms with van der Waals surface area (Å²) >= 11 is 0. The maximum absolute atomic E-state index is 12.2. The van der Waals surface area contributed by atoms with Crippen LogP contribution in [-0.2, 0) is 14.4 Å². The van der Waals surface area contributed by atoms with Gasteiger partial charge in [0.05, 0.1) is 6.04 Å². The molecule has 0 spiro atoms. The molecule has 4 unspecified atom stereocenters. The van der Waals surface area contributed by atoms with Gasteiger partial charge in [0.25, 0.3) is 0 Å². The number of nitrogens with one attached hydrogen (secondary N) is 2. The zero-order valence-electron chi connectivity index (χ0n) is 14.2. The number of hydrogen-bond acceptors (Lipinski definition) is 5. The third-order valence-corrected chi connectivity index (χ3v) is 3.83. The molecule has 0 fully saturated rings. The summed E-state index contributed by atoms with van der Waals surface area (Å²) in [6, 6.07) is -2.54. The first-order valence-corrected chi connectivity index (χ1v) is 8.03. The fourth-order valence-corrected chi connectivity index (χ4v) is 1.97. The van der Waals surface area contributed by atoms with Gasteiger partial charge in [0, 0.05) is 0 Å². The van der Waals surface area contributed by atoms with Crippen molar-refractivity contribution in [2.75, 3.05) is 6.54 Å². The van der Waals surface area contributed by atoms with E-state index < -0.39 is 35.9 Å². The van der Waals surface area contributed by atoms with Gasteiger partial charge in [0.1, 0.15) is 12.1 Å². The molecule has 0 aromatic rings. The van der Waals surface area contributed by atoms with Gasteiger partial charge in [0.15, 0.2) is 0 Å². The van der Waals surface area contributed by atoms with Gasteiger partial charge in [-0.05, 0) is 32.2 Å². The first kappa shape index (κ1) is 21.3. The van der Waals surface area contributed by atoms with Crippen molar-refractivity contribution in [1.29, 1.82) is 0 Å². The maximum Gasteiger partial charge on any atom is 0.325 e. The van der Waals surface area contributed by atoms with E-state index in [1.54, 1.807) is 0 Å². The van der Waals surface area contributed by atoms with E-state index in [9.17, 15) is 14.4 Å². The van der Waals surface area contributed by atoms with E-state index in [4.69, 9.17) is 16.6 Å². The molecule has 2 amide bonds. The summed E-state index contributed by atoms with van der Waals surface area (Å²) in [4.78, 5) is 35.2. The van der Waals surface area contributed by atoms with Crippen molar-refractivity contribution in [2.24, 2.45) is 17.4 Å². The Labute approximate surface area is 137 Å². The SMILES string of the molecule is CCC(C)C(NC(=O)C(N)CCCCN)C(=O)NC(C)C(=O)O. The zero-order valence-corrected chi connectivity index (χ0v) is 14.2. The number of unbranched alkanes of at least 4 members (excludes halogenated alkanes) is 1. The molecule has 0 saturated carbocycles. The smallest absolute Gasteiger partial charge is 0.325 e. The topological polar surface area (TPSA) is 148 Å². The lowest BCUT2D eigenvalue weighted by Crippen LogP contribution is -2.56. The van der Waals surface area contributed by atoms with Gasteiger partial charge in [-0.15, -0.1) is 0 Å². The van der Waals surface area contributed by atoms with Crippen molar-refractivity contribution in [3.63, 3.8) is 0 Å². The Kier molecular flexibility index (Phi) is 10.2. The molecule has 0 aliphatic heterocycles. The molecular weight excluding hydrogens is 300 g/mol. The Hall–Kier alpha value is -1.67. The molecular formula is C15H30N4O4. The Balaban J connectivity index is 4.75. The predicted octanol–water partition coefficient (Wildman–Crippen LogP) is -0.437. The van der Waals surface area contributed by atoms with E-state index in [2.05, 4.69) is 10.6 Å². The summed E-state index contributed by atoms with van der Waals surface area (Å²) < 4.78 is 0. The van der Waals surface area contributed by atoms with Crippen LogP contribution >= 0.6 is 0 Å². The normalized spacial score (nSPS) is 16.0. The molecule has 7 N–H and O–H groups in total. The Bertz CT molecular complexity index is 403. The van der Waals surface area contributed by atoms with Gasteiger partial charge >= 0.3 is 5.97 Å². The average molecular weight is 330 g/mol. The van der Waals surface area contributed by atoms with Crippen LogP contribution in [0.3, 0.4) is 0 Å². The van der Waals surface area contributed by atoms with Crippen LogP contribution < -0.4 is 22.1 Å². The third-order valence-electron chi connectivity index (χ3n) is 3.83. The minimum atomic E-state index is -1.13. The van der Waals surface area contributed by atoms with Crippen molar-refractivity contribution in [2.45, 2.75) is 64.6 Å². The number of amides is 2. The van der Waals surface area contributed by atoms with E-state index in [0.717, 1.165) is 12.8 Å². The van der Waals surface area contributed by atoms with Crippen LogP contribution in [0.2, 0.25) is 0 Å². The van der Waals surface area contributed by atoms with Gasteiger partial charge in [-0.3, -0.25) is 14.4 Å². The molecule has 0 aromatic carbocycles. The fraction of sp³-hybridized carbons (Fsp3) is 0.800. The zero-order chi connectivity index (χ0) is 18.0. The number of aliphatic carboxylic acids is 1. The second kappa shape index (κ2) is 11.0. The first-order valence-electron chi connectivity index (χ1n) is 8.03. The lowest BCUT2D eigenvalue weighted by molar-refractivity contribution is -0.142. The van der Waals surface area contributed by atoms with Gasteiger partial charge in [-0.25, -0.2) is 0 Å². The second-order valence-corrected chi connectivity index (χ2v) is 5.83. The van der Waals surface area contributed by atoms with E-state index in [0.29, 0.717) is 19.4 Å². The molecule has 0 aliphatic rings. The molecule has 4 atom stereocenters. The molecule has 0 bridgehead atoms. The maximum atomic E-state index is 12.2. The minimum absolute atomic E-state index is 0.142. The second-order valence-electron chi connectivity index (χ2n) is 5.83. The Morgan fingerprint density at radius 1 is 1.09 bits per heavy atom. The molecule has 0 aliphatic carbocycles. The molecule has 8 nitrogen and oxygen atoms in total. The van der Waals surface area contributed by atoms with Crippen molar-refractivity contribution in [1.82, 2.24) is 10.6 Å². The van der Waals surface area contributed by atoms with Crippen molar-refractivity contribution in [3.05, 3.63) is 0 Å². The highest BCUT2D eigenvalue weighted by Gasteiger charge is 2.29. The van der Waals surface area contributed by atoms with E-state index >= 15 is 0 Å². The van der Waals surface area contributed by atoms with Crippen molar-refractivity contribution >= 4 is 17.8 Å². The molecule has 0 aromatic heterocycles. The van der Waals surface area contributed by atoms with Crippen LogP contribution in [0, 0.1) is 5.92 Å². The van der Waals surface area contributed by atoms with Gasteiger partial charge < -0.3 is 27.2 Å². The Morgan fingerprint density at radius 2 is 1.70 bits per heavy atom. The number of carbonyl (C=O) groups is 3.